The zero-order chi connectivity index (χ0) is 23.5. The molecule has 172 valence electrons. The monoisotopic (exact) mass is 453 g/mol. The smallest absolute Gasteiger partial charge is 0.338 e. The van der Waals surface area contributed by atoms with Gasteiger partial charge in [0.2, 0.25) is 0 Å². The summed E-state index contributed by atoms with van der Waals surface area (Å²) >= 11 is 0. The van der Waals surface area contributed by atoms with Crippen LogP contribution in [0.4, 0.5) is 17.1 Å². The number of piperidine rings is 1. The fourth-order valence-electron chi connectivity index (χ4n) is 4.03. The first-order chi connectivity index (χ1) is 15.8. The lowest BCUT2D eigenvalue weighted by molar-refractivity contribution is -0.384. The highest BCUT2D eigenvalue weighted by Gasteiger charge is 2.26. The summed E-state index contributed by atoms with van der Waals surface area (Å²) in [5, 5.41) is 14.3. The van der Waals surface area contributed by atoms with Crippen molar-refractivity contribution in [2.24, 2.45) is 5.92 Å². The molecule has 1 fully saturated rings. The zero-order valence-corrected chi connectivity index (χ0v) is 18.0. The molecule has 1 N–H and O–H groups in total. The van der Waals surface area contributed by atoms with Crippen LogP contribution in [0.2, 0.25) is 0 Å². The summed E-state index contributed by atoms with van der Waals surface area (Å²) in [5.74, 6) is -0.780. The van der Waals surface area contributed by atoms with Crippen LogP contribution in [0, 0.1) is 16.0 Å². The molecule has 0 spiro atoms. The average molecular weight is 453 g/mol. The second-order valence-corrected chi connectivity index (χ2v) is 8.20. The summed E-state index contributed by atoms with van der Waals surface area (Å²) in [5.41, 5.74) is 0.886. The molecule has 0 unspecified atom stereocenters. The van der Waals surface area contributed by atoms with Crippen molar-refractivity contribution in [1.82, 2.24) is 0 Å². The normalized spacial score (nSPS) is 17.4. The van der Waals surface area contributed by atoms with Gasteiger partial charge < -0.3 is 19.7 Å². The number of nitro benzene ring substituents is 1. The maximum absolute atomic E-state index is 12.5. The number of benzene rings is 2. The maximum Gasteiger partial charge on any atom is 0.338 e. The number of hydrogen-bond acceptors (Lipinski definition) is 8. The Morgan fingerprint density at radius 3 is 2.79 bits per heavy atom. The van der Waals surface area contributed by atoms with Crippen LogP contribution < -0.4 is 15.0 Å². The van der Waals surface area contributed by atoms with Gasteiger partial charge in [0.1, 0.15) is 11.4 Å². The number of ether oxygens (including phenoxy) is 2. The van der Waals surface area contributed by atoms with Gasteiger partial charge >= 0.3 is 5.97 Å². The highest BCUT2D eigenvalue weighted by molar-refractivity contribution is 6.02. The number of amides is 1. The van der Waals surface area contributed by atoms with E-state index in [1.165, 1.54) is 24.3 Å². The topological polar surface area (TPSA) is 128 Å². The fourth-order valence-corrected chi connectivity index (χ4v) is 4.03. The molecule has 2 heterocycles. The lowest BCUT2D eigenvalue weighted by Crippen LogP contribution is -2.34. The highest BCUT2D eigenvalue weighted by atomic mass is 16.6. The number of fused-ring (bicyclic) bond motifs is 1. The standard InChI is InChI=1S/C23H23N3O7/c1-14-3-2-8-25(11-14)18-6-4-16(10-19(18)26(30)31)23(29)33-12-20(27)15-5-7-21-17(9-15)24-22(28)13-32-21/h4-7,9-10,14H,2-3,8,11-13H2,1H3,(H,24,28)/t14-/m1/s1. The van der Waals surface area contributed by atoms with Gasteiger partial charge in [-0.2, -0.15) is 0 Å². The number of esters is 1. The van der Waals surface area contributed by atoms with Crippen LogP contribution in [-0.2, 0) is 9.53 Å². The number of carbonyl (C=O) groups is 3. The molecule has 2 aromatic rings. The third-order valence-corrected chi connectivity index (χ3v) is 5.67. The van der Waals surface area contributed by atoms with Gasteiger partial charge in [-0.1, -0.05) is 6.92 Å². The van der Waals surface area contributed by atoms with Gasteiger partial charge in [0.25, 0.3) is 11.6 Å². The van der Waals surface area contributed by atoms with E-state index in [1.54, 1.807) is 12.1 Å². The van der Waals surface area contributed by atoms with Crippen molar-refractivity contribution >= 4 is 34.7 Å². The van der Waals surface area contributed by atoms with Gasteiger partial charge in [-0.3, -0.25) is 19.7 Å². The first kappa shape index (κ1) is 22.3. The summed E-state index contributed by atoms with van der Waals surface area (Å²) < 4.78 is 10.4. The molecule has 0 saturated carbocycles. The molecule has 2 aliphatic rings. The minimum atomic E-state index is -0.834. The molecule has 4 rings (SSSR count). The predicted molar refractivity (Wildman–Crippen MR) is 119 cm³/mol. The fraction of sp³-hybridized carbons (Fsp3) is 0.348. The number of nitrogens with one attached hydrogen (secondary N) is 1. The summed E-state index contributed by atoms with van der Waals surface area (Å²) in [6, 6.07) is 8.72. The van der Waals surface area contributed by atoms with E-state index in [0.717, 1.165) is 19.4 Å². The maximum atomic E-state index is 12.5. The molecule has 1 saturated heterocycles. The van der Waals surface area contributed by atoms with E-state index >= 15 is 0 Å². The molecule has 33 heavy (non-hydrogen) atoms. The minimum Gasteiger partial charge on any atom is -0.482 e. The Hall–Kier alpha value is -3.95. The first-order valence-electron chi connectivity index (χ1n) is 10.6. The first-order valence-corrected chi connectivity index (χ1v) is 10.6. The molecule has 10 nitrogen and oxygen atoms in total. The van der Waals surface area contributed by atoms with Crippen LogP contribution in [0.1, 0.15) is 40.5 Å². The number of Topliss-reactive ketones (excluding diaryl/α,β-unsaturated/α-hetero) is 1. The Balaban J connectivity index is 1.44. The Morgan fingerprint density at radius 1 is 1.24 bits per heavy atom. The zero-order valence-electron chi connectivity index (χ0n) is 18.0. The van der Waals surface area contributed by atoms with Gasteiger partial charge in [0, 0.05) is 24.7 Å². The van der Waals surface area contributed by atoms with E-state index in [1.807, 2.05) is 4.90 Å². The van der Waals surface area contributed by atoms with Crippen molar-refractivity contribution in [3.8, 4) is 5.75 Å². The molecular formula is C23H23N3O7. The SMILES string of the molecule is C[C@@H]1CCCN(c2ccc(C(=O)OCC(=O)c3ccc4c(c3)NC(=O)CO4)cc2[N+](=O)[O-])C1. The number of ketones is 1. The molecular weight excluding hydrogens is 430 g/mol. The van der Waals surface area contributed by atoms with Crippen molar-refractivity contribution in [2.45, 2.75) is 19.8 Å². The van der Waals surface area contributed by atoms with E-state index in [4.69, 9.17) is 9.47 Å². The van der Waals surface area contributed by atoms with E-state index in [-0.39, 0.29) is 29.3 Å². The van der Waals surface area contributed by atoms with Crippen LogP contribution in [0.5, 0.6) is 5.75 Å². The van der Waals surface area contributed by atoms with Crippen LogP contribution in [0.3, 0.4) is 0 Å². The quantitative estimate of drug-likeness (QED) is 0.306. The third kappa shape index (κ3) is 4.94. The largest absolute Gasteiger partial charge is 0.482 e. The van der Waals surface area contributed by atoms with Gasteiger partial charge in [-0.25, -0.2) is 4.79 Å². The molecule has 0 aromatic heterocycles. The van der Waals surface area contributed by atoms with Gasteiger partial charge in [-0.05, 0) is 49.1 Å². The molecule has 1 amide bonds. The summed E-state index contributed by atoms with van der Waals surface area (Å²) in [4.78, 5) is 49.5. The minimum absolute atomic E-state index is 0.00517. The molecule has 0 bridgehead atoms. The van der Waals surface area contributed by atoms with Gasteiger partial charge in [0.15, 0.2) is 19.0 Å². The Labute approximate surface area is 189 Å². The predicted octanol–water partition coefficient (Wildman–Crippen LogP) is 3.20. The molecule has 2 aromatic carbocycles. The van der Waals surface area contributed by atoms with Gasteiger partial charge in [0.05, 0.1) is 16.2 Å². The number of nitro groups is 1. The van der Waals surface area contributed by atoms with Crippen LogP contribution in [-0.4, -0.2) is 48.9 Å². The molecule has 2 aliphatic heterocycles. The van der Waals surface area contributed by atoms with E-state index in [2.05, 4.69) is 12.2 Å². The second-order valence-electron chi connectivity index (χ2n) is 8.20. The lowest BCUT2D eigenvalue weighted by Gasteiger charge is -2.32. The van der Waals surface area contributed by atoms with E-state index in [0.29, 0.717) is 29.6 Å². The Bertz CT molecular complexity index is 1130. The number of nitrogens with zero attached hydrogens (tertiary/aromatic N) is 2. The van der Waals surface area contributed by atoms with Crippen LogP contribution in [0.25, 0.3) is 0 Å². The Morgan fingerprint density at radius 2 is 2.03 bits per heavy atom. The number of carbonyl (C=O) groups excluding carboxylic acids is 3. The summed E-state index contributed by atoms with van der Waals surface area (Å²) in [6.45, 7) is 2.89. The number of rotatable bonds is 6. The molecule has 0 aliphatic carbocycles. The van der Waals surface area contributed by atoms with Crippen molar-refractivity contribution in [2.75, 3.05) is 36.5 Å². The summed E-state index contributed by atoms with van der Waals surface area (Å²) in [6.07, 6.45) is 2.02. The highest BCUT2D eigenvalue weighted by Crippen LogP contribution is 2.33. The molecule has 0 radical (unpaired) electrons. The van der Waals surface area contributed by atoms with Crippen molar-refractivity contribution < 1.29 is 28.8 Å². The van der Waals surface area contributed by atoms with Crippen molar-refractivity contribution in [3.05, 3.63) is 57.6 Å². The lowest BCUT2D eigenvalue weighted by atomic mass is 9.99. The molecule has 10 heteroatoms. The van der Waals surface area contributed by atoms with Crippen molar-refractivity contribution in [3.63, 3.8) is 0 Å². The van der Waals surface area contributed by atoms with Crippen LogP contribution >= 0.6 is 0 Å². The Kier molecular flexibility index (Phi) is 6.25. The molecule has 1 atom stereocenters. The second kappa shape index (κ2) is 9.27. The average Bonchev–Trinajstić information content (AvgIpc) is 2.81. The van der Waals surface area contributed by atoms with E-state index in [9.17, 15) is 24.5 Å². The van der Waals surface area contributed by atoms with Crippen LogP contribution in [0.15, 0.2) is 36.4 Å². The van der Waals surface area contributed by atoms with E-state index < -0.39 is 23.3 Å². The third-order valence-electron chi connectivity index (χ3n) is 5.67. The summed E-state index contributed by atoms with van der Waals surface area (Å²) in [7, 11) is 0. The van der Waals surface area contributed by atoms with Gasteiger partial charge in [-0.15, -0.1) is 0 Å². The van der Waals surface area contributed by atoms with Crippen molar-refractivity contribution in [1.29, 1.82) is 0 Å². The number of anilines is 2. The number of hydrogen-bond donors (Lipinski definition) is 1.